The van der Waals surface area contributed by atoms with Crippen molar-refractivity contribution in [2.45, 2.75) is 19.8 Å². The molecule has 1 saturated heterocycles. The maximum atomic E-state index is 12.0. The van der Waals surface area contributed by atoms with Crippen LogP contribution in [0.3, 0.4) is 0 Å². The fourth-order valence-electron chi connectivity index (χ4n) is 2.65. The highest BCUT2D eigenvalue weighted by Crippen LogP contribution is 2.19. The molecule has 1 atom stereocenters. The Morgan fingerprint density at radius 1 is 1.32 bits per heavy atom. The Labute approximate surface area is 130 Å². The van der Waals surface area contributed by atoms with Crippen LogP contribution >= 0.6 is 0 Å². The summed E-state index contributed by atoms with van der Waals surface area (Å²) >= 11 is 0. The third-order valence-electron chi connectivity index (χ3n) is 3.86. The van der Waals surface area contributed by atoms with Gasteiger partial charge in [-0.15, -0.1) is 0 Å². The lowest BCUT2D eigenvalue weighted by molar-refractivity contribution is -0.116. The van der Waals surface area contributed by atoms with Crippen molar-refractivity contribution in [3.63, 3.8) is 0 Å². The maximum Gasteiger partial charge on any atom is 0.224 e. The number of nitrogens with one attached hydrogen (secondary N) is 2. The van der Waals surface area contributed by atoms with Crippen LogP contribution in [0.1, 0.15) is 18.5 Å². The van der Waals surface area contributed by atoms with Crippen molar-refractivity contribution in [2.24, 2.45) is 5.92 Å². The van der Waals surface area contributed by atoms with Crippen molar-refractivity contribution in [3.8, 4) is 11.4 Å². The molecule has 1 aromatic carbocycles. The van der Waals surface area contributed by atoms with Gasteiger partial charge in [-0.2, -0.15) is 0 Å². The van der Waals surface area contributed by atoms with E-state index in [1.807, 2.05) is 37.3 Å². The molecule has 114 valence electrons. The van der Waals surface area contributed by atoms with Crippen LogP contribution in [-0.4, -0.2) is 29.0 Å². The van der Waals surface area contributed by atoms with Gasteiger partial charge in [-0.1, -0.05) is 0 Å². The van der Waals surface area contributed by atoms with E-state index in [9.17, 15) is 4.79 Å². The van der Waals surface area contributed by atoms with Gasteiger partial charge < -0.3 is 10.6 Å². The van der Waals surface area contributed by atoms with Crippen molar-refractivity contribution in [2.75, 3.05) is 18.4 Å². The molecule has 0 aliphatic carbocycles. The summed E-state index contributed by atoms with van der Waals surface area (Å²) in [6.07, 6.45) is 3.41. The number of benzene rings is 1. The number of aryl methyl sites for hydroxylation is 1. The van der Waals surface area contributed by atoms with Crippen molar-refractivity contribution in [1.29, 1.82) is 0 Å². The van der Waals surface area contributed by atoms with Gasteiger partial charge in [-0.3, -0.25) is 4.79 Å². The van der Waals surface area contributed by atoms with Gasteiger partial charge in [0.25, 0.3) is 0 Å². The predicted octanol–water partition coefficient (Wildman–Crippen LogP) is 2.39. The summed E-state index contributed by atoms with van der Waals surface area (Å²) in [5, 5.41) is 6.23. The van der Waals surface area contributed by atoms with Gasteiger partial charge in [0, 0.05) is 29.6 Å². The van der Waals surface area contributed by atoms with E-state index in [2.05, 4.69) is 20.6 Å². The maximum absolute atomic E-state index is 12.0. The van der Waals surface area contributed by atoms with Crippen molar-refractivity contribution in [1.82, 2.24) is 15.3 Å². The molecular weight excluding hydrogens is 276 g/mol. The molecule has 1 aromatic heterocycles. The molecule has 1 aliphatic heterocycles. The summed E-state index contributed by atoms with van der Waals surface area (Å²) in [6.45, 7) is 3.90. The van der Waals surface area contributed by atoms with Crippen molar-refractivity contribution < 1.29 is 4.79 Å². The first kappa shape index (κ1) is 14.7. The highest BCUT2D eigenvalue weighted by atomic mass is 16.1. The smallest absolute Gasteiger partial charge is 0.224 e. The van der Waals surface area contributed by atoms with Gasteiger partial charge in [0.2, 0.25) is 5.91 Å². The Bertz CT molecular complexity index is 648. The molecule has 1 aliphatic rings. The first-order valence-electron chi connectivity index (χ1n) is 7.61. The van der Waals surface area contributed by atoms with Crippen LogP contribution in [0.15, 0.2) is 36.5 Å². The average molecular weight is 296 g/mol. The Kier molecular flexibility index (Phi) is 4.44. The van der Waals surface area contributed by atoms with Crippen LogP contribution in [0.5, 0.6) is 0 Å². The third-order valence-corrected chi connectivity index (χ3v) is 3.86. The molecule has 5 nitrogen and oxygen atoms in total. The summed E-state index contributed by atoms with van der Waals surface area (Å²) in [6, 6.07) is 9.52. The van der Waals surface area contributed by atoms with Crippen molar-refractivity contribution >= 4 is 11.6 Å². The zero-order valence-electron chi connectivity index (χ0n) is 12.7. The van der Waals surface area contributed by atoms with E-state index in [0.717, 1.165) is 36.5 Å². The number of amides is 1. The van der Waals surface area contributed by atoms with E-state index >= 15 is 0 Å². The number of aromatic nitrogens is 2. The van der Waals surface area contributed by atoms with E-state index in [1.165, 1.54) is 0 Å². The summed E-state index contributed by atoms with van der Waals surface area (Å²) in [5.41, 5.74) is 2.70. The van der Waals surface area contributed by atoms with Crippen molar-refractivity contribution in [3.05, 3.63) is 42.2 Å². The molecule has 0 spiro atoms. The van der Waals surface area contributed by atoms with E-state index in [1.54, 1.807) is 6.20 Å². The molecule has 2 heterocycles. The molecule has 0 saturated carbocycles. The zero-order valence-corrected chi connectivity index (χ0v) is 12.7. The van der Waals surface area contributed by atoms with Crippen LogP contribution in [0.25, 0.3) is 11.4 Å². The van der Waals surface area contributed by atoms with E-state index in [4.69, 9.17) is 0 Å². The molecule has 1 fully saturated rings. The largest absolute Gasteiger partial charge is 0.326 e. The molecule has 2 N–H and O–H groups in total. The van der Waals surface area contributed by atoms with Gasteiger partial charge >= 0.3 is 0 Å². The van der Waals surface area contributed by atoms with Crippen LogP contribution in [0.2, 0.25) is 0 Å². The first-order chi connectivity index (χ1) is 10.7. The first-order valence-corrected chi connectivity index (χ1v) is 7.61. The lowest BCUT2D eigenvalue weighted by atomic mass is 10.0. The third kappa shape index (κ3) is 3.68. The Hall–Kier alpha value is -2.27. The normalized spacial score (nSPS) is 17.4. The molecule has 3 rings (SSSR count). The monoisotopic (exact) mass is 296 g/mol. The number of hydrogen-bond donors (Lipinski definition) is 2. The lowest BCUT2D eigenvalue weighted by Gasteiger charge is -2.09. The highest BCUT2D eigenvalue weighted by Gasteiger charge is 2.17. The summed E-state index contributed by atoms with van der Waals surface area (Å²) in [4.78, 5) is 20.7. The van der Waals surface area contributed by atoms with E-state index in [0.29, 0.717) is 18.2 Å². The average Bonchev–Trinajstić information content (AvgIpc) is 3.01. The van der Waals surface area contributed by atoms with Gasteiger partial charge in [-0.05, 0) is 62.7 Å². The fraction of sp³-hybridized carbons (Fsp3) is 0.353. The zero-order chi connectivity index (χ0) is 15.4. The minimum atomic E-state index is 0.0771. The minimum Gasteiger partial charge on any atom is -0.326 e. The minimum absolute atomic E-state index is 0.0771. The summed E-state index contributed by atoms with van der Waals surface area (Å²) in [7, 11) is 0. The molecule has 22 heavy (non-hydrogen) atoms. The van der Waals surface area contributed by atoms with Gasteiger partial charge in [0.1, 0.15) is 0 Å². The second-order valence-electron chi connectivity index (χ2n) is 5.71. The Morgan fingerprint density at radius 3 is 2.82 bits per heavy atom. The van der Waals surface area contributed by atoms with E-state index in [-0.39, 0.29) is 5.91 Å². The number of anilines is 1. The quantitative estimate of drug-likeness (QED) is 0.909. The number of carbonyl (C=O) groups excluding carboxylic acids is 1. The van der Waals surface area contributed by atoms with Crippen LogP contribution in [-0.2, 0) is 4.79 Å². The number of carbonyl (C=O) groups is 1. The van der Waals surface area contributed by atoms with E-state index < -0.39 is 0 Å². The summed E-state index contributed by atoms with van der Waals surface area (Å²) in [5.74, 6) is 1.24. The second kappa shape index (κ2) is 6.66. The number of nitrogens with zero attached hydrogens (tertiary/aromatic N) is 2. The Morgan fingerprint density at radius 2 is 2.14 bits per heavy atom. The van der Waals surface area contributed by atoms with Gasteiger partial charge in [-0.25, -0.2) is 9.97 Å². The van der Waals surface area contributed by atoms with Crippen LogP contribution < -0.4 is 10.6 Å². The standard InChI is InChI=1S/C17H20N4O/c1-12-6-9-19-17(20-12)14-2-4-15(5-3-14)21-16(22)10-13-7-8-18-11-13/h2-6,9,13,18H,7-8,10-11H2,1H3,(H,21,22). The molecule has 5 heteroatoms. The molecule has 2 aromatic rings. The second-order valence-corrected chi connectivity index (χ2v) is 5.71. The molecule has 1 unspecified atom stereocenters. The molecular formula is C17H20N4O. The fourth-order valence-corrected chi connectivity index (χ4v) is 2.65. The van der Waals surface area contributed by atoms with Gasteiger partial charge in [0.15, 0.2) is 5.82 Å². The lowest BCUT2D eigenvalue weighted by Crippen LogP contribution is -2.18. The molecule has 0 radical (unpaired) electrons. The Balaban J connectivity index is 1.62. The van der Waals surface area contributed by atoms with Crippen LogP contribution in [0, 0.1) is 12.8 Å². The topological polar surface area (TPSA) is 66.9 Å². The number of hydrogen-bond acceptors (Lipinski definition) is 4. The van der Waals surface area contributed by atoms with Gasteiger partial charge in [0.05, 0.1) is 0 Å². The van der Waals surface area contributed by atoms with Crippen LogP contribution in [0.4, 0.5) is 5.69 Å². The number of rotatable bonds is 4. The predicted molar refractivity (Wildman–Crippen MR) is 86.4 cm³/mol. The molecule has 0 bridgehead atoms. The highest BCUT2D eigenvalue weighted by molar-refractivity contribution is 5.91. The molecule has 1 amide bonds. The summed E-state index contributed by atoms with van der Waals surface area (Å²) < 4.78 is 0. The SMILES string of the molecule is Cc1ccnc(-c2ccc(NC(=O)CC3CCNC3)cc2)n1.